The summed E-state index contributed by atoms with van der Waals surface area (Å²) in [6.45, 7) is 10.5. The van der Waals surface area contributed by atoms with Crippen molar-refractivity contribution in [2.75, 3.05) is 5.75 Å². The van der Waals surface area contributed by atoms with Crippen LogP contribution in [-0.4, -0.2) is 45.2 Å². The summed E-state index contributed by atoms with van der Waals surface area (Å²) in [5.74, 6) is -0.156. The third kappa shape index (κ3) is 18.5. The van der Waals surface area contributed by atoms with Crippen LogP contribution in [0.3, 0.4) is 0 Å². The summed E-state index contributed by atoms with van der Waals surface area (Å²) >= 11 is 1.89. The molecule has 1 N–H and O–H groups in total. The normalized spacial score (nSPS) is 12.4. The first-order valence-electron chi connectivity index (χ1n) is 4.95. The van der Waals surface area contributed by atoms with E-state index < -0.39 is 10.1 Å². The van der Waals surface area contributed by atoms with Crippen LogP contribution in [0.2, 0.25) is 24.7 Å². The third-order valence-electron chi connectivity index (χ3n) is 1.53. The van der Waals surface area contributed by atoms with Crippen LogP contribution in [0.1, 0.15) is 13.8 Å². The fourth-order valence-corrected chi connectivity index (χ4v) is 1.79. The van der Waals surface area contributed by atoms with Crippen molar-refractivity contribution in [1.29, 1.82) is 0 Å². The van der Waals surface area contributed by atoms with Gasteiger partial charge in [-0.25, -0.2) is 0 Å². The van der Waals surface area contributed by atoms with Crippen molar-refractivity contribution in [2.24, 2.45) is 5.41 Å². The van der Waals surface area contributed by atoms with Crippen molar-refractivity contribution >= 4 is 36.6 Å². The molecule has 0 saturated heterocycles. The van der Waals surface area contributed by atoms with Gasteiger partial charge in [0.2, 0.25) is 0 Å². The van der Waals surface area contributed by atoms with Crippen molar-refractivity contribution in [1.82, 2.24) is 0 Å². The maximum absolute atomic E-state index is 10.4. The Labute approximate surface area is 99.2 Å². The molecular weight excluding hydrogens is 211 g/mol. The fraction of sp³-hybridized carbons (Fsp3) is 1.00. The van der Waals surface area contributed by atoms with E-state index in [-0.39, 0.29) is 20.0 Å². The Hall–Kier alpha value is 0.724. The average Bonchev–Trinajstić information content (AvgIpc) is 1.80. The van der Waals surface area contributed by atoms with Gasteiger partial charge < -0.3 is 0 Å². The third-order valence-corrected chi connectivity index (χ3v) is 2.68. The van der Waals surface area contributed by atoms with Gasteiger partial charge in [0.25, 0.3) is 0 Å². The standard InChI is InChI=1S/C5H11O3S.C3H10Si.Li/c1-5(2,3)4-9(6,7)8;1-4(2)3;/h1,4H2,2-3H3,(H,6,7,8);4H,1-3H3;. The molecule has 0 aliphatic heterocycles. The van der Waals surface area contributed by atoms with E-state index in [0.717, 1.165) is 5.09 Å². The zero-order valence-corrected chi connectivity index (χ0v) is 12.1. The Morgan fingerprint density at radius 1 is 1.29 bits per heavy atom. The molecule has 6 heteroatoms. The molecule has 0 radical (unpaired) electrons. The molecule has 0 heterocycles. The van der Waals surface area contributed by atoms with Crippen LogP contribution in [0.25, 0.3) is 0 Å². The summed E-state index contributed by atoms with van der Waals surface area (Å²) in [4.78, 5) is 0. The second-order valence-electron chi connectivity index (χ2n) is 4.98. The van der Waals surface area contributed by atoms with E-state index in [1.165, 1.54) is 0 Å². The zero-order valence-electron chi connectivity index (χ0n) is 10.2. The Morgan fingerprint density at radius 3 is 1.64 bits per heavy atom. The van der Waals surface area contributed by atoms with E-state index in [4.69, 9.17) is 4.55 Å². The van der Waals surface area contributed by atoms with Gasteiger partial charge in [-0.15, -0.1) is 0 Å². The van der Waals surface area contributed by atoms with Crippen LogP contribution in [0.15, 0.2) is 0 Å². The van der Waals surface area contributed by atoms with E-state index in [2.05, 4.69) is 19.6 Å². The minimum absolute atomic E-state index is 0.139. The van der Waals surface area contributed by atoms with Gasteiger partial charge in [-0.3, -0.25) is 0 Å². The molecule has 82 valence electrons. The van der Waals surface area contributed by atoms with E-state index >= 15 is 0 Å². The molecule has 0 aromatic heterocycles. The van der Waals surface area contributed by atoms with Gasteiger partial charge in [-0.2, -0.15) is 0 Å². The predicted molar refractivity (Wildman–Crippen MR) is 65.5 cm³/mol. The summed E-state index contributed by atoms with van der Waals surface area (Å²) in [6, 6.07) is 0. The van der Waals surface area contributed by atoms with Gasteiger partial charge in [-0.05, 0) is 0 Å². The molecule has 0 rings (SSSR count). The van der Waals surface area contributed by atoms with Crippen LogP contribution >= 0.6 is 0 Å². The van der Waals surface area contributed by atoms with Gasteiger partial charge in [0, 0.05) is 8.80 Å². The summed E-state index contributed by atoms with van der Waals surface area (Å²) in [6.07, 6.45) is 0. The molecule has 0 spiro atoms. The first kappa shape index (κ1) is 17.1. The summed E-state index contributed by atoms with van der Waals surface area (Å²) < 4.78 is 29.2. The topological polar surface area (TPSA) is 54.4 Å². The van der Waals surface area contributed by atoms with Gasteiger partial charge >= 0.3 is 70.9 Å². The predicted octanol–water partition coefficient (Wildman–Crippen LogP) is 1.59. The van der Waals surface area contributed by atoms with Crippen LogP contribution in [0, 0.1) is 5.41 Å². The second kappa shape index (κ2) is 7.07. The van der Waals surface area contributed by atoms with Gasteiger partial charge in [0.1, 0.15) is 0 Å². The van der Waals surface area contributed by atoms with Crippen LogP contribution in [-0.2, 0) is 10.1 Å². The summed E-state index contributed by atoms with van der Waals surface area (Å²) in [5, 5.41) is 0.743. The SMILES string of the molecule is C[SiH](C)C.[Li][CH2]C(C)(C)CS(=O)(=O)O. The Morgan fingerprint density at radius 2 is 1.57 bits per heavy atom. The second-order valence-corrected chi connectivity index (χ2v) is 9.89. The van der Waals surface area contributed by atoms with Crippen LogP contribution < -0.4 is 0 Å². The van der Waals surface area contributed by atoms with Gasteiger partial charge in [0.15, 0.2) is 0 Å². The van der Waals surface area contributed by atoms with Crippen molar-refractivity contribution in [3.05, 3.63) is 0 Å². The molecule has 0 amide bonds. The van der Waals surface area contributed by atoms with E-state index in [1.54, 1.807) is 13.8 Å². The van der Waals surface area contributed by atoms with Crippen LogP contribution in [0.5, 0.6) is 0 Å². The molecular formula is C8H21LiO3SSi. The van der Waals surface area contributed by atoms with Crippen molar-refractivity contribution in [3.8, 4) is 0 Å². The minimum atomic E-state index is -3.79. The van der Waals surface area contributed by atoms with E-state index in [1.807, 2.05) is 17.7 Å². The Balaban J connectivity index is 0. The molecule has 0 aliphatic rings. The van der Waals surface area contributed by atoms with Crippen molar-refractivity contribution in [2.45, 2.75) is 38.6 Å². The van der Waals surface area contributed by atoms with Crippen molar-refractivity contribution < 1.29 is 13.0 Å². The molecule has 0 bridgehead atoms. The molecule has 0 unspecified atom stereocenters. The number of hydrogen-bond acceptors (Lipinski definition) is 2. The zero-order chi connectivity index (χ0) is 12.0. The van der Waals surface area contributed by atoms with E-state index in [0.29, 0.717) is 0 Å². The molecule has 0 aliphatic carbocycles. The van der Waals surface area contributed by atoms with E-state index in [9.17, 15) is 8.42 Å². The molecule has 0 fully saturated rings. The Kier molecular flexibility index (Phi) is 8.65. The molecule has 0 aromatic carbocycles. The molecule has 0 aromatic rings. The van der Waals surface area contributed by atoms with Crippen LogP contribution in [0.4, 0.5) is 0 Å². The summed E-state index contributed by atoms with van der Waals surface area (Å²) in [5.41, 5.74) is -0.312. The monoisotopic (exact) mass is 232 g/mol. The fourth-order valence-electron chi connectivity index (χ4n) is 0.596. The Bertz CT molecular complexity index is 234. The summed E-state index contributed by atoms with van der Waals surface area (Å²) in [7, 11) is -3.93. The van der Waals surface area contributed by atoms with Crippen molar-refractivity contribution in [3.63, 3.8) is 0 Å². The first-order chi connectivity index (χ1) is 6.00. The quantitative estimate of drug-likeness (QED) is 0.594. The molecule has 0 saturated carbocycles. The number of rotatable bonds is 3. The van der Waals surface area contributed by atoms with Gasteiger partial charge in [-0.1, -0.05) is 19.6 Å². The first-order valence-corrected chi connectivity index (χ1v) is 10.0. The average molecular weight is 232 g/mol. The maximum atomic E-state index is 10.4. The number of hydrogen-bond donors (Lipinski definition) is 1. The van der Waals surface area contributed by atoms with Gasteiger partial charge in [0.05, 0.1) is 0 Å². The molecule has 0 atom stereocenters. The molecule has 3 nitrogen and oxygen atoms in total. The molecule has 14 heavy (non-hydrogen) atoms.